The smallest absolute Gasteiger partial charge is 0.318 e. The molecule has 1 atom stereocenters. The molecule has 3 amide bonds. The van der Waals surface area contributed by atoms with Crippen molar-refractivity contribution in [2.24, 2.45) is 0 Å². The summed E-state index contributed by atoms with van der Waals surface area (Å²) in [5.74, 6) is -0.0470. The quantitative estimate of drug-likeness (QED) is 0.864. The monoisotopic (exact) mass is 398 g/mol. The van der Waals surface area contributed by atoms with Gasteiger partial charge in [-0.15, -0.1) is 0 Å². The first kappa shape index (κ1) is 18.6. The fourth-order valence-electron chi connectivity index (χ4n) is 3.78. The number of nitrogens with one attached hydrogen (secondary N) is 1. The third-order valence-corrected chi connectivity index (χ3v) is 5.65. The van der Waals surface area contributed by atoms with Gasteiger partial charge >= 0.3 is 6.03 Å². The maximum Gasteiger partial charge on any atom is 0.318 e. The van der Waals surface area contributed by atoms with Gasteiger partial charge in [0.2, 0.25) is 5.91 Å². The fraction of sp³-hybridized carbons (Fsp3) is 0.333. The van der Waals surface area contributed by atoms with Gasteiger partial charge in [0, 0.05) is 38.4 Å². The van der Waals surface area contributed by atoms with Crippen molar-refractivity contribution < 1.29 is 9.59 Å². The molecule has 7 heteroatoms. The Morgan fingerprint density at radius 1 is 0.929 bits per heavy atom. The van der Waals surface area contributed by atoms with Gasteiger partial charge in [-0.3, -0.25) is 4.79 Å². The van der Waals surface area contributed by atoms with Crippen molar-refractivity contribution in [2.45, 2.75) is 12.5 Å². The topological polar surface area (TPSA) is 55.9 Å². The molecule has 2 saturated heterocycles. The maximum absolute atomic E-state index is 12.7. The maximum atomic E-state index is 12.7. The number of carbonyl (C=O) groups excluding carboxylic acids is 2. The zero-order valence-electron chi connectivity index (χ0n) is 15.6. The van der Waals surface area contributed by atoms with Crippen LogP contribution in [-0.4, -0.2) is 55.6 Å². The molecule has 2 aliphatic heterocycles. The molecule has 0 aromatic heterocycles. The second-order valence-electron chi connectivity index (χ2n) is 7.04. The van der Waals surface area contributed by atoms with E-state index in [2.05, 4.69) is 10.2 Å². The number of halogens is 1. The number of benzene rings is 2. The molecule has 28 heavy (non-hydrogen) atoms. The van der Waals surface area contributed by atoms with E-state index in [0.717, 1.165) is 16.4 Å². The summed E-state index contributed by atoms with van der Waals surface area (Å²) in [5.41, 5.74) is 1.87. The van der Waals surface area contributed by atoms with Crippen LogP contribution in [0.15, 0.2) is 54.6 Å². The molecule has 146 valence electrons. The Kier molecular flexibility index (Phi) is 5.39. The van der Waals surface area contributed by atoms with Crippen LogP contribution in [-0.2, 0) is 4.79 Å². The molecular formula is C21H23ClN4O2. The molecule has 2 aliphatic rings. The summed E-state index contributed by atoms with van der Waals surface area (Å²) in [6.45, 7) is 3.24. The first-order valence-electron chi connectivity index (χ1n) is 9.55. The van der Waals surface area contributed by atoms with Gasteiger partial charge < -0.3 is 20.0 Å². The van der Waals surface area contributed by atoms with Gasteiger partial charge in [0.1, 0.15) is 6.04 Å². The van der Waals surface area contributed by atoms with E-state index in [0.29, 0.717) is 39.1 Å². The Balaban J connectivity index is 1.32. The predicted molar refractivity (Wildman–Crippen MR) is 111 cm³/mol. The summed E-state index contributed by atoms with van der Waals surface area (Å²) < 4.78 is 0. The van der Waals surface area contributed by atoms with Gasteiger partial charge in [0.25, 0.3) is 0 Å². The van der Waals surface area contributed by atoms with Crippen molar-refractivity contribution in [3.8, 4) is 0 Å². The SMILES string of the molecule is O=C(NC1CCN(c2ccccc2)C1=O)N1CCN(c2ccccc2Cl)CC1. The highest BCUT2D eigenvalue weighted by Crippen LogP contribution is 2.26. The zero-order chi connectivity index (χ0) is 19.5. The molecule has 0 radical (unpaired) electrons. The zero-order valence-corrected chi connectivity index (χ0v) is 16.3. The minimum atomic E-state index is -0.464. The van der Waals surface area contributed by atoms with Crippen LogP contribution in [0, 0.1) is 0 Å². The summed E-state index contributed by atoms with van der Waals surface area (Å²) in [7, 11) is 0. The van der Waals surface area contributed by atoms with Crippen molar-refractivity contribution in [3.05, 3.63) is 59.6 Å². The molecule has 2 fully saturated rings. The number of para-hydroxylation sites is 2. The van der Waals surface area contributed by atoms with Gasteiger partial charge in [0.15, 0.2) is 0 Å². The normalized spacial score (nSPS) is 19.8. The van der Waals surface area contributed by atoms with Gasteiger partial charge in [-0.2, -0.15) is 0 Å². The molecular weight excluding hydrogens is 376 g/mol. The number of urea groups is 1. The largest absolute Gasteiger partial charge is 0.367 e. The van der Waals surface area contributed by atoms with E-state index in [-0.39, 0.29) is 11.9 Å². The molecule has 0 spiro atoms. The molecule has 2 aromatic rings. The van der Waals surface area contributed by atoms with E-state index in [1.54, 1.807) is 9.80 Å². The molecule has 6 nitrogen and oxygen atoms in total. The highest BCUT2D eigenvalue weighted by Gasteiger charge is 2.35. The number of rotatable bonds is 3. The van der Waals surface area contributed by atoms with E-state index >= 15 is 0 Å². The van der Waals surface area contributed by atoms with Gasteiger partial charge in [-0.1, -0.05) is 41.9 Å². The summed E-state index contributed by atoms with van der Waals surface area (Å²) >= 11 is 6.27. The average molecular weight is 399 g/mol. The average Bonchev–Trinajstić information content (AvgIpc) is 3.09. The van der Waals surface area contributed by atoms with E-state index in [1.807, 2.05) is 54.6 Å². The minimum Gasteiger partial charge on any atom is -0.367 e. The molecule has 4 rings (SSSR count). The lowest BCUT2D eigenvalue weighted by Crippen LogP contribution is -2.54. The Morgan fingerprint density at radius 2 is 1.61 bits per heavy atom. The van der Waals surface area contributed by atoms with Crippen LogP contribution in [0.4, 0.5) is 16.2 Å². The number of carbonyl (C=O) groups is 2. The lowest BCUT2D eigenvalue weighted by Gasteiger charge is -2.36. The van der Waals surface area contributed by atoms with E-state index in [9.17, 15) is 9.59 Å². The molecule has 0 saturated carbocycles. The van der Waals surface area contributed by atoms with E-state index in [1.165, 1.54) is 0 Å². The molecule has 2 aromatic carbocycles. The molecule has 1 N–H and O–H groups in total. The first-order chi connectivity index (χ1) is 13.6. The summed E-state index contributed by atoms with van der Waals surface area (Å²) in [4.78, 5) is 31.0. The Bertz CT molecular complexity index is 852. The summed E-state index contributed by atoms with van der Waals surface area (Å²) in [5, 5.41) is 3.64. The summed E-state index contributed by atoms with van der Waals surface area (Å²) in [6, 6.07) is 16.7. The van der Waals surface area contributed by atoms with Crippen LogP contribution >= 0.6 is 11.6 Å². The number of amides is 3. The number of nitrogens with zero attached hydrogens (tertiary/aromatic N) is 3. The van der Waals surface area contributed by atoms with Gasteiger partial charge in [-0.05, 0) is 30.7 Å². The van der Waals surface area contributed by atoms with Crippen molar-refractivity contribution in [1.82, 2.24) is 10.2 Å². The van der Waals surface area contributed by atoms with Crippen LogP contribution in [0.3, 0.4) is 0 Å². The van der Waals surface area contributed by atoms with E-state index < -0.39 is 6.04 Å². The standard InChI is InChI=1S/C21H23ClN4O2/c22-17-8-4-5-9-19(17)24-12-14-25(15-13-24)21(28)23-18-10-11-26(20(18)27)16-6-2-1-3-7-16/h1-9,18H,10-15H2,(H,23,28). The number of hydrogen-bond acceptors (Lipinski definition) is 3. The Hall–Kier alpha value is -2.73. The highest BCUT2D eigenvalue weighted by molar-refractivity contribution is 6.33. The Labute approximate surface area is 169 Å². The molecule has 0 aliphatic carbocycles. The van der Waals surface area contributed by atoms with Crippen molar-refractivity contribution in [3.63, 3.8) is 0 Å². The molecule has 1 unspecified atom stereocenters. The fourth-order valence-corrected chi connectivity index (χ4v) is 4.03. The van der Waals surface area contributed by atoms with Crippen LogP contribution < -0.4 is 15.1 Å². The Morgan fingerprint density at radius 3 is 2.32 bits per heavy atom. The number of anilines is 2. The van der Waals surface area contributed by atoms with Gasteiger partial charge in [0.05, 0.1) is 10.7 Å². The van der Waals surface area contributed by atoms with Crippen LogP contribution in [0.5, 0.6) is 0 Å². The lowest BCUT2D eigenvalue weighted by atomic mass is 10.2. The summed E-state index contributed by atoms with van der Waals surface area (Å²) in [6.07, 6.45) is 0.624. The lowest BCUT2D eigenvalue weighted by molar-refractivity contribution is -0.118. The van der Waals surface area contributed by atoms with Crippen molar-refractivity contribution in [1.29, 1.82) is 0 Å². The van der Waals surface area contributed by atoms with Crippen LogP contribution in [0.2, 0.25) is 5.02 Å². The predicted octanol–water partition coefficient (Wildman–Crippen LogP) is 2.98. The van der Waals surface area contributed by atoms with Crippen molar-refractivity contribution >= 4 is 34.9 Å². The van der Waals surface area contributed by atoms with Crippen LogP contribution in [0.1, 0.15) is 6.42 Å². The van der Waals surface area contributed by atoms with Gasteiger partial charge in [-0.25, -0.2) is 4.79 Å². The van der Waals surface area contributed by atoms with Crippen LogP contribution in [0.25, 0.3) is 0 Å². The first-order valence-corrected chi connectivity index (χ1v) is 9.92. The highest BCUT2D eigenvalue weighted by atomic mass is 35.5. The molecule has 2 heterocycles. The number of piperazine rings is 1. The molecule has 0 bridgehead atoms. The third-order valence-electron chi connectivity index (χ3n) is 5.33. The van der Waals surface area contributed by atoms with Crippen molar-refractivity contribution in [2.75, 3.05) is 42.5 Å². The minimum absolute atomic E-state index is 0.0470. The second-order valence-corrected chi connectivity index (χ2v) is 7.45. The third kappa shape index (κ3) is 3.78. The second kappa shape index (κ2) is 8.10. The van der Waals surface area contributed by atoms with E-state index in [4.69, 9.17) is 11.6 Å². The number of hydrogen-bond donors (Lipinski definition) is 1.